The van der Waals surface area contributed by atoms with E-state index in [1.165, 1.54) is 30.6 Å². The zero-order valence-electron chi connectivity index (χ0n) is 12.5. The van der Waals surface area contributed by atoms with Crippen molar-refractivity contribution in [2.45, 2.75) is 6.54 Å². The molecule has 0 aliphatic carbocycles. The molecule has 0 spiro atoms. The largest absolute Gasteiger partial charge is 0.478 e. The predicted molar refractivity (Wildman–Crippen MR) is 85.9 cm³/mol. The Morgan fingerprint density at radius 3 is 2.62 bits per heavy atom. The number of aromatic nitrogens is 3. The summed E-state index contributed by atoms with van der Waals surface area (Å²) in [5.41, 5.74) is 1.67. The zero-order chi connectivity index (χ0) is 16.9. The number of carboxylic acids is 1. The Labute approximate surface area is 137 Å². The summed E-state index contributed by atoms with van der Waals surface area (Å²) in [6, 6.07) is 12.5. The van der Waals surface area contributed by atoms with Crippen molar-refractivity contribution < 1.29 is 14.3 Å². The molecule has 0 atom stereocenters. The summed E-state index contributed by atoms with van der Waals surface area (Å²) in [5, 5.41) is 11.9. The molecule has 0 aliphatic heterocycles. The molecule has 2 N–H and O–H groups in total. The molecule has 0 aliphatic rings. The van der Waals surface area contributed by atoms with Gasteiger partial charge >= 0.3 is 5.97 Å². The van der Waals surface area contributed by atoms with Gasteiger partial charge in [0, 0.05) is 12.1 Å². The molecule has 0 saturated heterocycles. The van der Waals surface area contributed by atoms with Gasteiger partial charge < -0.3 is 10.4 Å². The second kappa shape index (κ2) is 6.82. The molecule has 120 valence electrons. The summed E-state index contributed by atoms with van der Waals surface area (Å²) in [6.45, 7) is 0.423. The molecule has 7 heteroatoms. The molecular formula is C17H13FN4O2. The van der Waals surface area contributed by atoms with Crippen LogP contribution in [0.4, 0.5) is 10.3 Å². The third kappa shape index (κ3) is 3.70. The summed E-state index contributed by atoms with van der Waals surface area (Å²) >= 11 is 0. The van der Waals surface area contributed by atoms with E-state index in [9.17, 15) is 9.18 Å². The van der Waals surface area contributed by atoms with Crippen LogP contribution in [0.2, 0.25) is 0 Å². The van der Waals surface area contributed by atoms with E-state index in [4.69, 9.17) is 5.11 Å². The fraction of sp³-hybridized carbons (Fsp3) is 0.0588. The molecule has 0 fully saturated rings. The highest BCUT2D eigenvalue weighted by molar-refractivity contribution is 5.87. The Morgan fingerprint density at radius 1 is 1.12 bits per heavy atom. The quantitative estimate of drug-likeness (QED) is 0.750. The maximum Gasteiger partial charge on any atom is 0.335 e. The van der Waals surface area contributed by atoms with Crippen molar-refractivity contribution in [3.8, 4) is 11.4 Å². The van der Waals surface area contributed by atoms with E-state index in [2.05, 4.69) is 20.3 Å². The maximum atomic E-state index is 13.3. The van der Waals surface area contributed by atoms with E-state index < -0.39 is 5.97 Å². The lowest BCUT2D eigenvalue weighted by Crippen LogP contribution is -2.05. The number of nitrogens with one attached hydrogen (secondary N) is 1. The number of nitrogens with zero attached hydrogens (tertiary/aromatic N) is 3. The van der Waals surface area contributed by atoms with E-state index in [1.54, 1.807) is 24.3 Å². The van der Waals surface area contributed by atoms with Crippen LogP contribution < -0.4 is 5.32 Å². The van der Waals surface area contributed by atoms with Crippen LogP contribution in [0.15, 0.2) is 54.9 Å². The Balaban J connectivity index is 1.72. The molecule has 0 amide bonds. The molecule has 0 radical (unpaired) electrons. The fourth-order valence-corrected chi connectivity index (χ4v) is 2.09. The lowest BCUT2D eigenvalue weighted by molar-refractivity contribution is 0.0697. The van der Waals surface area contributed by atoms with Crippen LogP contribution in [-0.2, 0) is 6.54 Å². The van der Waals surface area contributed by atoms with E-state index in [-0.39, 0.29) is 11.4 Å². The van der Waals surface area contributed by atoms with Gasteiger partial charge in [-0.3, -0.25) is 0 Å². The van der Waals surface area contributed by atoms with Crippen molar-refractivity contribution in [1.29, 1.82) is 0 Å². The Hall–Kier alpha value is -3.35. The molecule has 0 bridgehead atoms. The predicted octanol–water partition coefficient (Wildman–Crippen LogP) is 2.99. The maximum absolute atomic E-state index is 13.3. The number of halogens is 1. The van der Waals surface area contributed by atoms with E-state index in [1.807, 2.05) is 0 Å². The second-order valence-corrected chi connectivity index (χ2v) is 5.00. The number of aromatic carboxylic acids is 1. The van der Waals surface area contributed by atoms with Crippen molar-refractivity contribution in [2.75, 3.05) is 5.32 Å². The molecule has 24 heavy (non-hydrogen) atoms. The van der Waals surface area contributed by atoms with E-state index in [0.717, 1.165) is 5.56 Å². The van der Waals surface area contributed by atoms with Gasteiger partial charge in [0.1, 0.15) is 12.1 Å². The number of hydrogen-bond donors (Lipinski definition) is 2. The van der Waals surface area contributed by atoms with Crippen LogP contribution in [0.1, 0.15) is 15.9 Å². The summed E-state index contributed by atoms with van der Waals surface area (Å²) in [4.78, 5) is 23.1. The third-order valence-electron chi connectivity index (χ3n) is 3.31. The number of carboxylic acid groups (broad SMARTS) is 1. The summed E-state index contributed by atoms with van der Waals surface area (Å²) in [5.74, 6) is -0.604. The van der Waals surface area contributed by atoms with E-state index >= 15 is 0 Å². The van der Waals surface area contributed by atoms with Gasteiger partial charge in [-0.05, 0) is 29.8 Å². The Morgan fingerprint density at radius 2 is 1.92 bits per heavy atom. The molecule has 3 rings (SSSR count). The Bertz CT molecular complexity index is 868. The summed E-state index contributed by atoms with van der Waals surface area (Å²) in [6.07, 6.45) is 1.35. The molecule has 1 heterocycles. The minimum Gasteiger partial charge on any atom is -0.478 e. The number of carbonyl (C=O) groups is 1. The van der Waals surface area contributed by atoms with Crippen LogP contribution in [0.3, 0.4) is 0 Å². The molecule has 3 aromatic rings. The summed E-state index contributed by atoms with van der Waals surface area (Å²) < 4.78 is 13.3. The van der Waals surface area contributed by atoms with Gasteiger partial charge in [0.15, 0.2) is 5.82 Å². The van der Waals surface area contributed by atoms with Gasteiger partial charge in [0.05, 0.1) is 5.56 Å². The lowest BCUT2D eigenvalue weighted by Gasteiger charge is -2.06. The first-order valence-electron chi connectivity index (χ1n) is 7.13. The van der Waals surface area contributed by atoms with Gasteiger partial charge in [0.25, 0.3) is 0 Å². The fourth-order valence-electron chi connectivity index (χ4n) is 2.09. The minimum absolute atomic E-state index is 0.229. The van der Waals surface area contributed by atoms with Crippen molar-refractivity contribution in [2.24, 2.45) is 0 Å². The minimum atomic E-state index is -0.966. The first kappa shape index (κ1) is 15.5. The number of hydrogen-bond acceptors (Lipinski definition) is 5. The highest BCUT2D eigenvalue weighted by Gasteiger charge is 2.06. The van der Waals surface area contributed by atoms with Crippen LogP contribution in [0.25, 0.3) is 11.4 Å². The van der Waals surface area contributed by atoms with Crippen molar-refractivity contribution in [3.05, 3.63) is 71.8 Å². The first-order valence-corrected chi connectivity index (χ1v) is 7.13. The summed E-state index contributed by atoms with van der Waals surface area (Å²) in [7, 11) is 0. The zero-order valence-corrected chi connectivity index (χ0v) is 12.5. The number of anilines is 1. The molecule has 2 aromatic carbocycles. The van der Waals surface area contributed by atoms with Gasteiger partial charge in [-0.15, -0.1) is 0 Å². The third-order valence-corrected chi connectivity index (χ3v) is 3.31. The van der Waals surface area contributed by atoms with Crippen molar-refractivity contribution in [1.82, 2.24) is 15.0 Å². The second-order valence-electron chi connectivity index (χ2n) is 5.00. The van der Waals surface area contributed by atoms with Crippen molar-refractivity contribution in [3.63, 3.8) is 0 Å². The monoisotopic (exact) mass is 324 g/mol. The topological polar surface area (TPSA) is 88.0 Å². The first-order chi connectivity index (χ1) is 11.6. The van der Waals surface area contributed by atoms with Crippen molar-refractivity contribution >= 4 is 11.9 Å². The van der Waals surface area contributed by atoms with Gasteiger partial charge in [-0.2, -0.15) is 4.98 Å². The van der Waals surface area contributed by atoms with Crippen LogP contribution in [0.5, 0.6) is 0 Å². The molecule has 0 unspecified atom stereocenters. The van der Waals surface area contributed by atoms with Crippen LogP contribution in [-0.4, -0.2) is 26.0 Å². The Kier molecular flexibility index (Phi) is 4.42. The molecular weight excluding hydrogens is 311 g/mol. The molecule has 0 saturated carbocycles. The average Bonchev–Trinajstić information content (AvgIpc) is 2.60. The van der Waals surface area contributed by atoms with Crippen LogP contribution >= 0.6 is 0 Å². The normalized spacial score (nSPS) is 10.4. The van der Waals surface area contributed by atoms with Gasteiger partial charge in [-0.1, -0.05) is 24.3 Å². The average molecular weight is 324 g/mol. The highest BCUT2D eigenvalue weighted by Crippen LogP contribution is 2.16. The smallest absolute Gasteiger partial charge is 0.335 e. The molecule has 6 nitrogen and oxygen atoms in total. The highest BCUT2D eigenvalue weighted by atomic mass is 19.1. The van der Waals surface area contributed by atoms with Crippen LogP contribution in [0, 0.1) is 5.82 Å². The van der Waals surface area contributed by atoms with Gasteiger partial charge in [-0.25, -0.2) is 19.2 Å². The lowest BCUT2D eigenvalue weighted by atomic mass is 10.1. The van der Waals surface area contributed by atoms with E-state index in [0.29, 0.717) is 23.9 Å². The SMILES string of the molecule is O=C(O)c1ccc(CNc2ncnc(-c3cccc(F)c3)n2)cc1. The number of benzene rings is 2. The molecule has 1 aromatic heterocycles. The standard InChI is InChI=1S/C17H13FN4O2/c18-14-3-1-2-13(8-14)15-20-10-21-17(22-15)19-9-11-4-6-12(7-5-11)16(23)24/h1-8,10H,9H2,(H,23,24)(H,19,20,21,22). The van der Waals surface area contributed by atoms with Gasteiger partial charge in [0.2, 0.25) is 5.95 Å². The number of rotatable bonds is 5.